The summed E-state index contributed by atoms with van der Waals surface area (Å²) in [5, 5.41) is 0.597. The summed E-state index contributed by atoms with van der Waals surface area (Å²) in [6, 6.07) is 31.2. The summed E-state index contributed by atoms with van der Waals surface area (Å²) < 4.78 is 0. The minimum absolute atomic E-state index is 0. The number of imide groups is 1. The SMILES string of the molecule is Cc1ccnc(-c2cc(CCCCCC(=O)ON3C(=O)CCC3=O)ccn2)c1.[Ru+2].c1ccc(-c2ccccn2)nc1.c1ccc(-c2ccccn2)nc1. The molecule has 0 aromatic carbocycles. The van der Waals surface area contributed by atoms with E-state index in [0.717, 1.165) is 59.0 Å². The third-order valence-corrected chi connectivity index (χ3v) is 7.73. The van der Waals surface area contributed by atoms with Gasteiger partial charge in [-0.3, -0.25) is 39.5 Å². The van der Waals surface area contributed by atoms with Crippen LogP contribution in [0.5, 0.6) is 0 Å². The summed E-state index contributed by atoms with van der Waals surface area (Å²) in [5.74, 6) is -1.44. The molecule has 0 unspecified atom stereocenters. The topological polar surface area (TPSA) is 141 Å². The molecule has 0 aliphatic carbocycles. The molecule has 1 fully saturated rings. The van der Waals surface area contributed by atoms with Crippen LogP contribution >= 0.6 is 0 Å². The molecule has 0 atom stereocenters. The molecule has 0 radical (unpaired) electrons. The average molecular weight is 795 g/mol. The van der Waals surface area contributed by atoms with Crippen LogP contribution in [0.25, 0.3) is 34.2 Å². The minimum atomic E-state index is -0.541. The van der Waals surface area contributed by atoms with Gasteiger partial charge in [-0.15, -0.1) is 5.06 Å². The summed E-state index contributed by atoms with van der Waals surface area (Å²) >= 11 is 0. The van der Waals surface area contributed by atoms with E-state index in [4.69, 9.17) is 4.84 Å². The van der Waals surface area contributed by atoms with Gasteiger partial charge in [0.2, 0.25) is 0 Å². The number of unbranched alkanes of at least 4 members (excludes halogenated alkanes) is 2. The Morgan fingerprint density at radius 1 is 0.566 bits per heavy atom. The van der Waals surface area contributed by atoms with E-state index in [1.807, 2.05) is 104 Å². The molecular weight excluding hydrogens is 756 g/mol. The second-order valence-corrected chi connectivity index (χ2v) is 11.7. The van der Waals surface area contributed by atoms with Gasteiger partial charge >= 0.3 is 25.4 Å². The van der Waals surface area contributed by atoms with E-state index in [1.165, 1.54) is 5.56 Å². The molecule has 53 heavy (non-hydrogen) atoms. The molecule has 6 aromatic heterocycles. The molecule has 1 aliphatic heterocycles. The molecule has 0 spiro atoms. The van der Waals surface area contributed by atoms with Gasteiger partial charge in [0.1, 0.15) is 0 Å². The van der Waals surface area contributed by atoms with Gasteiger partial charge < -0.3 is 4.84 Å². The van der Waals surface area contributed by atoms with Crippen molar-refractivity contribution in [1.29, 1.82) is 0 Å². The van der Waals surface area contributed by atoms with Crippen molar-refractivity contribution in [2.24, 2.45) is 0 Å². The third-order valence-electron chi connectivity index (χ3n) is 7.73. The molecule has 0 saturated carbocycles. The number of hydrogen-bond acceptors (Lipinski definition) is 10. The molecule has 0 bridgehead atoms. The number of nitrogens with zero attached hydrogens (tertiary/aromatic N) is 7. The first-order chi connectivity index (χ1) is 25.5. The quantitative estimate of drug-likeness (QED) is 0.0781. The van der Waals surface area contributed by atoms with Gasteiger partial charge in [0.15, 0.2) is 0 Å². The number of amides is 2. The molecule has 1 saturated heterocycles. The maximum absolute atomic E-state index is 11.8. The van der Waals surface area contributed by atoms with Crippen LogP contribution in [0, 0.1) is 6.92 Å². The minimum Gasteiger partial charge on any atom is -0.330 e. The molecule has 268 valence electrons. The van der Waals surface area contributed by atoms with Crippen molar-refractivity contribution < 1.29 is 38.7 Å². The van der Waals surface area contributed by atoms with Gasteiger partial charge in [-0.25, -0.2) is 4.79 Å². The van der Waals surface area contributed by atoms with E-state index in [9.17, 15) is 14.4 Å². The fraction of sp³-hybridized carbons (Fsp3) is 0.195. The van der Waals surface area contributed by atoms with Gasteiger partial charge in [-0.05, 0) is 110 Å². The number of hydroxylamine groups is 2. The van der Waals surface area contributed by atoms with Crippen LogP contribution in [0.15, 0.2) is 134 Å². The first kappa shape index (κ1) is 39.9. The Morgan fingerprint density at radius 2 is 1.02 bits per heavy atom. The normalized spacial score (nSPS) is 11.7. The first-order valence-electron chi connectivity index (χ1n) is 17.1. The van der Waals surface area contributed by atoms with Crippen molar-refractivity contribution in [3.8, 4) is 34.2 Å². The Morgan fingerprint density at radius 3 is 1.47 bits per heavy atom. The molecule has 0 N–H and O–H groups in total. The number of hydrogen-bond donors (Lipinski definition) is 0. The van der Waals surface area contributed by atoms with Crippen LogP contribution < -0.4 is 0 Å². The van der Waals surface area contributed by atoms with Crippen LogP contribution in [0.4, 0.5) is 0 Å². The van der Waals surface area contributed by atoms with E-state index >= 15 is 0 Å². The zero-order valence-corrected chi connectivity index (χ0v) is 31.0. The monoisotopic (exact) mass is 795 g/mol. The Kier molecular flexibility index (Phi) is 16.2. The fourth-order valence-electron chi connectivity index (χ4n) is 5.08. The molecule has 7 heterocycles. The zero-order chi connectivity index (χ0) is 36.4. The maximum atomic E-state index is 11.8. The van der Waals surface area contributed by atoms with Gasteiger partial charge in [0, 0.05) is 56.4 Å². The number of aryl methyl sites for hydroxylation is 2. The van der Waals surface area contributed by atoms with Crippen molar-refractivity contribution in [3.63, 3.8) is 0 Å². The smallest absolute Gasteiger partial charge is 0.330 e. The van der Waals surface area contributed by atoms with Crippen LogP contribution in [-0.2, 0) is 45.1 Å². The van der Waals surface area contributed by atoms with Crippen LogP contribution in [0.1, 0.15) is 49.7 Å². The molecule has 11 nitrogen and oxygen atoms in total. The van der Waals surface area contributed by atoms with E-state index in [1.54, 1.807) is 37.2 Å². The van der Waals surface area contributed by atoms with Gasteiger partial charge in [-0.1, -0.05) is 30.7 Å². The average Bonchev–Trinajstić information content (AvgIpc) is 3.52. The molecular formula is C41H39N7O4Ru+2. The van der Waals surface area contributed by atoms with Crippen molar-refractivity contribution in [1.82, 2.24) is 35.0 Å². The standard InChI is InChI=1S/C21H23N3O4.2C10H8N2.Ru/c1-15-9-11-22-17(13-15)18-14-16(10-12-23-18)5-3-2-4-6-21(27)28-24-19(25)7-8-20(24)26;2*1-3-7-11-9(5-1)10-6-2-4-8-12-10;/h9-14H,2-8H2,1H3;2*1-8H;/q;;;+2. The molecule has 12 heteroatoms. The predicted molar refractivity (Wildman–Crippen MR) is 196 cm³/mol. The van der Waals surface area contributed by atoms with E-state index in [2.05, 4.69) is 29.9 Å². The van der Waals surface area contributed by atoms with Crippen LogP contribution in [0.2, 0.25) is 0 Å². The number of aromatic nitrogens is 6. The molecule has 2 amide bonds. The van der Waals surface area contributed by atoms with E-state index in [-0.39, 0.29) is 38.7 Å². The van der Waals surface area contributed by atoms with Crippen molar-refractivity contribution in [2.75, 3.05) is 0 Å². The van der Waals surface area contributed by atoms with Gasteiger partial charge in [0.25, 0.3) is 11.8 Å². The second kappa shape index (κ2) is 21.5. The van der Waals surface area contributed by atoms with Gasteiger partial charge in [-0.2, -0.15) is 0 Å². The number of pyridine rings is 6. The van der Waals surface area contributed by atoms with Crippen molar-refractivity contribution in [2.45, 2.75) is 51.9 Å². The molecule has 6 aromatic rings. The van der Waals surface area contributed by atoms with Crippen molar-refractivity contribution in [3.05, 3.63) is 145 Å². The first-order valence-corrected chi connectivity index (χ1v) is 17.1. The van der Waals surface area contributed by atoms with E-state index in [0.29, 0.717) is 11.5 Å². The largest absolute Gasteiger partial charge is 2.00 e. The molecule has 7 rings (SSSR count). The number of carbonyl (C=O) groups excluding carboxylic acids is 3. The number of rotatable bonds is 10. The van der Waals surface area contributed by atoms with Crippen LogP contribution in [-0.4, -0.2) is 52.8 Å². The predicted octanol–water partition coefficient (Wildman–Crippen LogP) is 7.45. The van der Waals surface area contributed by atoms with Crippen molar-refractivity contribution >= 4 is 17.8 Å². The maximum Gasteiger partial charge on any atom is 2.00 e. The van der Waals surface area contributed by atoms with Gasteiger partial charge in [0.05, 0.1) is 34.2 Å². The Hall–Kier alpha value is -5.87. The summed E-state index contributed by atoms with van der Waals surface area (Å²) in [5.41, 5.74) is 7.68. The Bertz CT molecular complexity index is 1860. The third kappa shape index (κ3) is 13.0. The van der Waals surface area contributed by atoms with E-state index < -0.39 is 17.8 Å². The zero-order valence-electron chi connectivity index (χ0n) is 29.3. The Balaban J connectivity index is 0.000000205. The summed E-state index contributed by atoms with van der Waals surface area (Å²) in [6.45, 7) is 2.02. The summed E-state index contributed by atoms with van der Waals surface area (Å²) in [6.07, 6.45) is 14.3. The summed E-state index contributed by atoms with van der Waals surface area (Å²) in [4.78, 5) is 65.0. The second-order valence-electron chi connectivity index (χ2n) is 11.7. The fourth-order valence-corrected chi connectivity index (χ4v) is 5.08. The van der Waals surface area contributed by atoms with Crippen LogP contribution in [0.3, 0.4) is 0 Å². The molecule has 1 aliphatic rings. The summed E-state index contributed by atoms with van der Waals surface area (Å²) in [7, 11) is 0. The Labute approximate surface area is 321 Å². The number of carbonyl (C=O) groups is 3.